The molecule has 0 radical (unpaired) electrons. The van der Waals surface area contributed by atoms with Crippen LogP contribution in [0, 0.1) is 0 Å². The molecule has 0 aliphatic rings. The van der Waals surface area contributed by atoms with Gasteiger partial charge in [0, 0.05) is 19.5 Å². The molecule has 96 valence electrons. The number of likely N-dealkylation sites (N-methyl/N-ethyl adjacent to an activating group) is 1. The summed E-state index contributed by atoms with van der Waals surface area (Å²) in [6.07, 6.45) is 1.79. The van der Waals surface area contributed by atoms with E-state index in [1.165, 1.54) is 0 Å². The summed E-state index contributed by atoms with van der Waals surface area (Å²) >= 11 is 0. The Morgan fingerprint density at radius 3 is 2.59 bits per heavy atom. The summed E-state index contributed by atoms with van der Waals surface area (Å²) in [7, 11) is 1.90. The van der Waals surface area contributed by atoms with Crippen molar-refractivity contribution in [3.05, 3.63) is 11.9 Å². The Labute approximate surface area is 103 Å². The summed E-state index contributed by atoms with van der Waals surface area (Å²) in [6.45, 7) is 6.03. The van der Waals surface area contributed by atoms with Crippen LogP contribution in [-0.4, -0.2) is 34.3 Å². The van der Waals surface area contributed by atoms with Crippen molar-refractivity contribution in [1.29, 1.82) is 0 Å². The molecular formula is C12H22N4O. The van der Waals surface area contributed by atoms with Crippen LogP contribution in [0.3, 0.4) is 0 Å². The first-order valence-corrected chi connectivity index (χ1v) is 5.89. The summed E-state index contributed by atoms with van der Waals surface area (Å²) in [6, 6.07) is 1.73. The second kappa shape index (κ2) is 5.31. The first kappa shape index (κ1) is 13.7. The van der Waals surface area contributed by atoms with Gasteiger partial charge in [0.1, 0.15) is 17.5 Å². The van der Waals surface area contributed by atoms with Gasteiger partial charge in [-0.2, -0.15) is 0 Å². The molecule has 1 rings (SSSR count). The zero-order valence-corrected chi connectivity index (χ0v) is 11.1. The first-order chi connectivity index (χ1) is 7.90. The monoisotopic (exact) mass is 238 g/mol. The lowest BCUT2D eigenvalue weighted by molar-refractivity contribution is 0.215. The van der Waals surface area contributed by atoms with Crippen molar-refractivity contribution >= 4 is 11.6 Å². The van der Waals surface area contributed by atoms with E-state index in [-0.39, 0.29) is 12.1 Å². The number of hydrogen-bond acceptors (Lipinski definition) is 5. The Kier molecular flexibility index (Phi) is 4.28. The van der Waals surface area contributed by atoms with E-state index in [9.17, 15) is 5.11 Å². The van der Waals surface area contributed by atoms with Crippen LogP contribution in [0.15, 0.2) is 6.07 Å². The fourth-order valence-corrected chi connectivity index (χ4v) is 1.43. The van der Waals surface area contributed by atoms with Crippen molar-refractivity contribution in [3.8, 4) is 0 Å². The maximum absolute atomic E-state index is 9.35. The Hall–Kier alpha value is -1.36. The molecule has 1 aromatic heterocycles. The number of rotatable bonds is 5. The van der Waals surface area contributed by atoms with Crippen molar-refractivity contribution in [1.82, 2.24) is 9.97 Å². The molecule has 0 saturated heterocycles. The van der Waals surface area contributed by atoms with Crippen molar-refractivity contribution in [2.45, 2.75) is 39.2 Å². The lowest BCUT2D eigenvalue weighted by Gasteiger charge is -2.35. The van der Waals surface area contributed by atoms with Crippen LogP contribution < -0.4 is 10.6 Å². The van der Waals surface area contributed by atoms with Gasteiger partial charge in [0.25, 0.3) is 0 Å². The molecule has 0 aliphatic carbocycles. The van der Waals surface area contributed by atoms with E-state index in [0.717, 1.165) is 24.5 Å². The Balaban J connectivity index is 3.05. The number of aliphatic hydroxyl groups is 1. The molecule has 0 atom stereocenters. The van der Waals surface area contributed by atoms with Crippen molar-refractivity contribution in [3.63, 3.8) is 0 Å². The topological polar surface area (TPSA) is 75.3 Å². The van der Waals surface area contributed by atoms with Crippen molar-refractivity contribution in [2.24, 2.45) is 0 Å². The number of hydrogen-bond donors (Lipinski definition) is 2. The summed E-state index contributed by atoms with van der Waals surface area (Å²) in [5.41, 5.74) is 5.40. The SMILES string of the molecule is CCCc1nc(N)cc(N(C)C(C)(C)CO)n1. The number of nitrogens with zero attached hydrogens (tertiary/aromatic N) is 3. The van der Waals surface area contributed by atoms with E-state index in [4.69, 9.17) is 5.73 Å². The standard InChI is InChI=1S/C12H22N4O/c1-5-6-10-14-9(13)7-11(15-10)16(4)12(2,3)8-17/h7,17H,5-6,8H2,1-4H3,(H2,13,14,15). The van der Waals surface area contributed by atoms with E-state index in [1.54, 1.807) is 6.07 Å². The molecule has 0 saturated carbocycles. The summed E-state index contributed by atoms with van der Waals surface area (Å²) in [5, 5.41) is 9.35. The van der Waals surface area contributed by atoms with E-state index in [0.29, 0.717) is 5.82 Å². The van der Waals surface area contributed by atoms with Crippen molar-refractivity contribution < 1.29 is 5.11 Å². The largest absolute Gasteiger partial charge is 0.394 e. The minimum absolute atomic E-state index is 0.0521. The highest BCUT2D eigenvalue weighted by molar-refractivity contribution is 5.48. The molecule has 0 spiro atoms. The molecule has 0 fully saturated rings. The zero-order chi connectivity index (χ0) is 13.1. The molecule has 1 heterocycles. The number of nitrogen functional groups attached to an aromatic ring is 1. The van der Waals surface area contributed by atoms with Crippen molar-refractivity contribution in [2.75, 3.05) is 24.3 Å². The number of anilines is 2. The van der Waals surface area contributed by atoms with E-state index in [1.807, 2.05) is 25.8 Å². The van der Waals surface area contributed by atoms with E-state index >= 15 is 0 Å². The van der Waals surface area contributed by atoms with E-state index < -0.39 is 0 Å². The fourth-order valence-electron chi connectivity index (χ4n) is 1.43. The number of aryl methyl sites for hydroxylation is 1. The Morgan fingerprint density at radius 2 is 2.06 bits per heavy atom. The highest BCUT2D eigenvalue weighted by atomic mass is 16.3. The number of aromatic nitrogens is 2. The fraction of sp³-hybridized carbons (Fsp3) is 0.667. The Bertz CT molecular complexity index is 379. The van der Waals surface area contributed by atoms with Gasteiger partial charge in [0.2, 0.25) is 0 Å². The minimum Gasteiger partial charge on any atom is -0.394 e. The highest BCUT2D eigenvalue weighted by Crippen LogP contribution is 2.21. The third-order valence-corrected chi connectivity index (χ3v) is 2.89. The molecule has 0 aromatic carbocycles. The number of aliphatic hydroxyl groups excluding tert-OH is 1. The number of nitrogens with two attached hydrogens (primary N) is 1. The molecule has 0 aliphatic heterocycles. The first-order valence-electron chi connectivity index (χ1n) is 5.89. The second-order valence-electron chi connectivity index (χ2n) is 4.85. The lowest BCUT2D eigenvalue weighted by Crippen LogP contribution is -2.45. The normalized spacial score (nSPS) is 11.6. The van der Waals surface area contributed by atoms with Crippen LogP contribution in [0.1, 0.15) is 33.0 Å². The molecular weight excluding hydrogens is 216 g/mol. The van der Waals surface area contributed by atoms with Gasteiger partial charge in [-0.3, -0.25) is 0 Å². The van der Waals surface area contributed by atoms with Gasteiger partial charge in [-0.1, -0.05) is 6.92 Å². The molecule has 0 bridgehead atoms. The smallest absolute Gasteiger partial charge is 0.134 e. The average molecular weight is 238 g/mol. The van der Waals surface area contributed by atoms with Crippen LogP contribution in [0.2, 0.25) is 0 Å². The van der Waals surface area contributed by atoms with Crippen LogP contribution in [0.25, 0.3) is 0 Å². The quantitative estimate of drug-likeness (QED) is 0.806. The van der Waals surface area contributed by atoms with Crippen LogP contribution >= 0.6 is 0 Å². The maximum Gasteiger partial charge on any atom is 0.134 e. The molecule has 1 aromatic rings. The third kappa shape index (κ3) is 3.30. The molecule has 5 heteroatoms. The van der Waals surface area contributed by atoms with Gasteiger partial charge < -0.3 is 15.7 Å². The summed E-state index contributed by atoms with van der Waals surface area (Å²) < 4.78 is 0. The second-order valence-corrected chi connectivity index (χ2v) is 4.85. The molecule has 3 N–H and O–H groups in total. The molecule has 5 nitrogen and oxygen atoms in total. The maximum atomic E-state index is 9.35. The van der Waals surface area contributed by atoms with Gasteiger partial charge in [-0.25, -0.2) is 9.97 Å². The minimum atomic E-state index is -0.371. The summed E-state index contributed by atoms with van der Waals surface area (Å²) in [5.74, 6) is 1.97. The van der Waals surface area contributed by atoms with Crippen LogP contribution in [0.5, 0.6) is 0 Å². The molecule has 0 unspecified atom stereocenters. The van der Waals surface area contributed by atoms with Gasteiger partial charge >= 0.3 is 0 Å². The third-order valence-electron chi connectivity index (χ3n) is 2.89. The van der Waals surface area contributed by atoms with Gasteiger partial charge in [0.05, 0.1) is 12.1 Å². The average Bonchev–Trinajstić information content (AvgIpc) is 2.27. The zero-order valence-electron chi connectivity index (χ0n) is 11.1. The lowest BCUT2D eigenvalue weighted by atomic mass is 10.1. The van der Waals surface area contributed by atoms with Gasteiger partial charge in [-0.05, 0) is 20.3 Å². The van der Waals surface area contributed by atoms with Crippen LogP contribution in [0.4, 0.5) is 11.6 Å². The summed E-state index contributed by atoms with van der Waals surface area (Å²) in [4.78, 5) is 10.6. The van der Waals surface area contributed by atoms with Gasteiger partial charge in [-0.15, -0.1) is 0 Å². The van der Waals surface area contributed by atoms with E-state index in [2.05, 4.69) is 16.9 Å². The molecule has 17 heavy (non-hydrogen) atoms. The predicted molar refractivity (Wildman–Crippen MR) is 70.0 cm³/mol. The molecule has 0 amide bonds. The predicted octanol–water partition coefficient (Wildman–Crippen LogP) is 1.22. The highest BCUT2D eigenvalue weighted by Gasteiger charge is 2.24. The Morgan fingerprint density at radius 1 is 1.41 bits per heavy atom. The van der Waals surface area contributed by atoms with Gasteiger partial charge in [0.15, 0.2) is 0 Å². The van der Waals surface area contributed by atoms with Crippen LogP contribution in [-0.2, 0) is 6.42 Å².